The number of rotatable bonds is 6. The van der Waals surface area contributed by atoms with Gasteiger partial charge >= 0.3 is 0 Å². The van der Waals surface area contributed by atoms with Crippen molar-refractivity contribution in [3.05, 3.63) is 16.1 Å². The summed E-state index contributed by atoms with van der Waals surface area (Å²) in [4.78, 5) is 18.5. The summed E-state index contributed by atoms with van der Waals surface area (Å²) in [5.41, 5.74) is 5.72. The maximum Gasteiger partial charge on any atom is 0.239 e. The maximum absolute atomic E-state index is 12.0. The first-order valence-corrected chi connectivity index (χ1v) is 8.66. The van der Waals surface area contributed by atoms with Gasteiger partial charge in [-0.05, 0) is 13.3 Å². The fourth-order valence-corrected chi connectivity index (χ4v) is 3.07. The van der Waals surface area contributed by atoms with Crippen molar-refractivity contribution in [2.45, 2.75) is 25.9 Å². The lowest BCUT2D eigenvalue weighted by Crippen LogP contribution is -2.42. The first-order chi connectivity index (χ1) is 8.69. The summed E-state index contributed by atoms with van der Waals surface area (Å²) in [7, 11) is -1.44. The van der Waals surface area contributed by atoms with E-state index in [9.17, 15) is 13.2 Å². The molecule has 1 heterocycles. The highest BCUT2D eigenvalue weighted by atomic mass is 32.2. The molecule has 0 aliphatic rings. The second-order valence-electron chi connectivity index (χ2n) is 4.56. The van der Waals surface area contributed by atoms with Gasteiger partial charge in [-0.1, -0.05) is 0 Å². The minimum absolute atomic E-state index is 0.0760. The molecule has 1 aromatic rings. The number of hydrogen-bond donors (Lipinski definition) is 1. The van der Waals surface area contributed by atoms with Crippen molar-refractivity contribution >= 4 is 27.1 Å². The number of hydrogen-bond acceptors (Lipinski definition) is 6. The summed E-state index contributed by atoms with van der Waals surface area (Å²) in [5, 5.41) is 0.942. The van der Waals surface area contributed by atoms with E-state index in [-0.39, 0.29) is 18.1 Å². The summed E-state index contributed by atoms with van der Waals surface area (Å²) in [6.07, 6.45) is 3.00. The molecule has 6 nitrogen and oxygen atoms in total. The van der Waals surface area contributed by atoms with Gasteiger partial charge in [-0.3, -0.25) is 4.79 Å². The summed E-state index contributed by atoms with van der Waals surface area (Å²) in [5.74, 6) is -0.331. The van der Waals surface area contributed by atoms with Crippen LogP contribution in [0.3, 0.4) is 0 Å². The van der Waals surface area contributed by atoms with E-state index in [4.69, 9.17) is 5.73 Å². The van der Waals surface area contributed by atoms with Gasteiger partial charge in [0.2, 0.25) is 5.91 Å². The van der Waals surface area contributed by atoms with Gasteiger partial charge in [-0.2, -0.15) is 0 Å². The molecule has 0 aliphatic carbocycles. The van der Waals surface area contributed by atoms with Crippen molar-refractivity contribution in [1.82, 2.24) is 9.88 Å². The third-order valence-electron chi connectivity index (χ3n) is 2.56. The van der Waals surface area contributed by atoms with E-state index in [0.717, 1.165) is 16.1 Å². The quantitative estimate of drug-likeness (QED) is 0.809. The first kappa shape index (κ1) is 16.1. The number of carbonyl (C=O) groups excluding carboxylic acids is 1. The highest BCUT2D eigenvalue weighted by molar-refractivity contribution is 7.90. The Hall–Kier alpha value is -0.990. The molecular weight excluding hydrogens is 286 g/mol. The molecule has 1 atom stereocenters. The Balaban J connectivity index is 2.52. The zero-order valence-corrected chi connectivity index (χ0v) is 12.9. The number of thiazole rings is 1. The smallest absolute Gasteiger partial charge is 0.239 e. The average molecular weight is 305 g/mol. The fraction of sp³-hybridized carbons (Fsp3) is 0.636. The van der Waals surface area contributed by atoms with Gasteiger partial charge in [0.1, 0.15) is 9.84 Å². The standard InChI is InChI=1S/C11H19N3O3S2/c1-8-13-6-9(18-8)7-14(2)11(15)10(12)4-5-19(3,16)17/h6,10H,4-5,7,12H2,1-3H3. The van der Waals surface area contributed by atoms with Crippen LogP contribution in [0.2, 0.25) is 0 Å². The zero-order valence-electron chi connectivity index (χ0n) is 11.3. The fourth-order valence-electron chi connectivity index (χ4n) is 1.54. The Bertz CT molecular complexity index is 539. The molecular formula is C11H19N3O3S2. The van der Waals surface area contributed by atoms with Crippen LogP contribution in [0.5, 0.6) is 0 Å². The lowest BCUT2D eigenvalue weighted by atomic mass is 10.2. The van der Waals surface area contributed by atoms with Crippen molar-refractivity contribution in [3.63, 3.8) is 0 Å². The summed E-state index contributed by atoms with van der Waals surface area (Å²) in [6, 6.07) is -0.784. The second-order valence-corrected chi connectivity index (χ2v) is 8.14. The molecule has 1 amide bonds. The van der Waals surface area contributed by atoms with Crippen LogP contribution in [0, 0.1) is 6.92 Å². The monoisotopic (exact) mass is 305 g/mol. The first-order valence-electron chi connectivity index (χ1n) is 5.78. The largest absolute Gasteiger partial charge is 0.339 e. The number of aryl methyl sites for hydroxylation is 1. The van der Waals surface area contributed by atoms with Gasteiger partial charge in [-0.15, -0.1) is 11.3 Å². The number of likely N-dealkylation sites (N-methyl/N-ethyl adjacent to an activating group) is 1. The molecule has 0 spiro atoms. The van der Waals surface area contributed by atoms with E-state index < -0.39 is 15.9 Å². The Morgan fingerprint density at radius 3 is 2.68 bits per heavy atom. The minimum atomic E-state index is -3.09. The normalized spacial score (nSPS) is 13.3. The Kier molecular flexibility index (Phi) is 5.45. The van der Waals surface area contributed by atoms with E-state index >= 15 is 0 Å². The number of nitrogens with two attached hydrogens (primary N) is 1. The van der Waals surface area contributed by atoms with E-state index in [1.54, 1.807) is 13.2 Å². The molecule has 0 aliphatic heterocycles. The van der Waals surface area contributed by atoms with Gasteiger partial charge in [0.15, 0.2) is 0 Å². The number of aromatic nitrogens is 1. The number of amides is 1. The lowest BCUT2D eigenvalue weighted by Gasteiger charge is -2.20. The Labute approximate surface area is 117 Å². The third-order valence-corrected chi connectivity index (χ3v) is 4.43. The van der Waals surface area contributed by atoms with E-state index in [0.29, 0.717) is 6.54 Å². The Morgan fingerprint density at radius 2 is 2.21 bits per heavy atom. The molecule has 0 aromatic carbocycles. The molecule has 0 saturated carbocycles. The van der Waals surface area contributed by atoms with Crippen LogP contribution in [-0.4, -0.2) is 49.3 Å². The molecule has 19 heavy (non-hydrogen) atoms. The van der Waals surface area contributed by atoms with Crippen LogP contribution in [0.25, 0.3) is 0 Å². The number of sulfone groups is 1. The Morgan fingerprint density at radius 1 is 1.58 bits per heavy atom. The molecule has 0 bridgehead atoms. The van der Waals surface area contributed by atoms with E-state index in [2.05, 4.69) is 4.98 Å². The van der Waals surface area contributed by atoms with Crippen molar-refractivity contribution in [2.75, 3.05) is 19.1 Å². The lowest BCUT2D eigenvalue weighted by molar-refractivity contribution is -0.131. The van der Waals surface area contributed by atoms with Crippen LogP contribution in [0.15, 0.2) is 6.20 Å². The number of carbonyl (C=O) groups is 1. The third kappa shape index (κ3) is 5.66. The van der Waals surface area contributed by atoms with E-state index in [1.165, 1.54) is 16.2 Å². The molecule has 108 valence electrons. The van der Waals surface area contributed by atoms with E-state index in [1.807, 2.05) is 6.92 Å². The topological polar surface area (TPSA) is 93.4 Å². The second kappa shape index (κ2) is 6.44. The molecule has 8 heteroatoms. The molecule has 0 radical (unpaired) electrons. The molecule has 2 N–H and O–H groups in total. The highest BCUT2D eigenvalue weighted by Crippen LogP contribution is 2.14. The van der Waals surface area contributed by atoms with Gasteiger partial charge in [0, 0.05) is 24.4 Å². The summed E-state index contributed by atoms with van der Waals surface area (Å²) >= 11 is 1.52. The van der Waals surface area contributed by atoms with Crippen molar-refractivity contribution < 1.29 is 13.2 Å². The maximum atomic E-state index is 12.0. The summed E-state index contributed by atoms with van der Waals surface area (Å²) in [6.45, 7) is 2.34. The molecule has 1 unspecified atom stereocenters. The van der Waals surface area contributed by atoms with Crippen molar-refractivity contribution in [1.29, 1.82) is 0 Å². The zero-order chi connectivity index (χ0) is 14.6. The summed E-state index contributed by atoms with van der Waals surface area (Å²) < 4.78 is 22.1. The highest BCUT2D eigenvalue weighted by Gasteiger charge is 2.20. The molecule has 0 fully saturated rings. The van der Waals surface area contributed by atoms with Gasteiger partial charge in [0.25, 0.3) is 0 Å². The van der Waals surface area contributed by atoms with Crippen LogP contribution >= 0.6 is 11.3 Å². The van der Waals surface area contributed by atoms with Crippen LogP contribution in [0.1, 0.15) is 16.3 Å². The van der Waals surface area contributed by atoms with Crippen molar-refractivity contribution in [2.24, 2.45) is 5.73 Å². The average Bonchev–Trinajstić information content (AvgIpc) is 2.69. The molecule has 0 saturated heterocycles. The molecule has 1 aromatic heterocycles. The minimum Gasteiger partial charge on any atom is -0.339 e. The predicted molar refractivity (Wildman–Crippen MR) is 75.6 cm³/mol. The molecule has 1 rings (SSSR count). The van der Waals surface area contributed by atoms with Crippen molar-refractivity contribution in [3.8, 4) is 0 Å². The van der Waals surface area contributed by atoms with Crippen LogP contribution in [0.4, 0.5) is 0 Å². The van der Waals surface area contributed by atoms with Crippen LogP contribution in [-0.2, 0) is 21.2 Å². The van der Waals surface area contributed by atoms with Crippen LogP contribution < -0.4 is 5.73 Å². The van der Waals surface area contributed by atoms with Gasteiger partial charge in [0.05, 0.1) is 23.3 Å². The van der Waals surface area contributed by atoms with Gasteiger partial charge < -0.3 is 10.6 Å². The predicted octanol–water partition coefficient (Wildman–Crippen LogP) is 0.172. The number of nitrogens with zero attached hydrogens (tertiary/aromatic N) is 2. The SMILES string of the molecule is Cc1ncc(CN(C)C(=O)C(N)CCS(C)(=O)=O)s1. The van der Waals surface area contributed by atoms with Gasteiger partial charge in [-0.25, -0.2) is 13.4 Å².